The molecule has 7 heteroatoms. The van der Waals surface area contributed by atoms with E-state index in [1.807, 2.05) is 0 Å². The van der Waals surface area contributed by atoms with Crippen molar-refractivity contribution in [2.45, 2.75) is 13.5 Å². The van der Waals surface area contributed by atoms with E-state index in [-0.39, 0.29) is 24.0 Å². The summed E-state index contributed by atoms with van der Waals surface area (Å²) in [5.41, 5.74) is -0.932. The van der Waals surface area contributed by atoms with E-state index in [4.69, 9.17) is 5.26 Å². The van der Waals surface area contributed by atoms with Crippen LogP contribution in [0.5, 0.6) is 5.75 Å². The maximum absolute atomic E-state index is 12.3. The monoisotopic (exact) mass is 269 g/mol. The Balaban J connectivity index is 3.40. The zero-order valence-corrected chi connectivity index (χ0v) is 9.85. The number of nitriles is 1. The largest absolute Gasteiger partial charge is 0.462 e. The molecular weight excluding hydrogens is 260 g/mol. The maximum Gasteiger partial charge on any atom is 0.387 e. The highest BCUT2D eigenvalue weighted by molar-refractivity contribution is 5.95. The first kappa shape index (κ1) is 14.6. The van der Waals surface area contributed by atoms with E-state index in [0.29, 0.717) is 0 Å². The summed E-state index contributed by atoms with van der Waals surface area (Å²) in [5.74, 6) is -1.48. The highest BCUT2D eigenvalue weighted by Crippen LogP contribution is 2.28. The number of halogens is 2. The van der Waals surface area contributed by atoms with Crippen molar-refractivity contribution < 1.29 is 27.8 Å². The summed E-state index contributed by atoms with van der Waals surface area (Å²) in [6.45, 7) is -1.60. The molecule has 5 nitrogen and oxygen atoms in total. The fraction of sp³-hybridized carbons (Fsp3) is 0.250. The number of benzene rings is 1. The van der Waals surface area contributed by atoms with Crippen LogP contribution >= 0.6 is 0 Å². The van der Waals surface area contributed by atoms with Crippen molar-refractivity contribution in [2.24, 2.45) is 0 Å². The normalized spacial score (nSPS) is 9.84. The molecule has 0 aliphatic heterocycles. The fourth-order valence-electron chi connectivity index (χ4n) is 1.40. The van der Waals surface area contributed by atoms with Crippen molar-refractivity contribution in [3.63, 3.8) is 0 Å². The van der Waals surface area contributed by atoms with Gasteiger partial charge in [-0.15, -0.1) is 0 Å². The summed E-state index contributed by atoms with van der Waals surface area (Å²) in [4.78, 5) is 22.3. The van der Waals surface area contributed by atoms with Crippen LogP contribution in [0.15, 0.2) is 12.1 Å². The molecule has 0 radical (unpaired) electrons. The minimum Gasteiger partial charge on any atom is -0.462 e. The number of carbonyl (C=O) groups is 2. The van der Waals surface area contributed by atoms with Crippen molar-refractivity contribution in [3.8, 4) is 11.8 Å². The van der Waals surface area contributed by atoms with Gasteiger partial charge in [-0.05, 0) is 19.1 Å². The Hall–Kier alpha value is -2.49. The number of ether oxygens (including phenoxy) is 2. The molecule has 0 spiro atoms. The van der Waals surface area contributed by atoms with Crippen molar-refractivity contribution >= 4 is 12.3 Å². The molecule has 19 heavy (non-hydrogen) atoms. The highest BCUT2D eigenvalue weighted by Gasteiger charge is 2.22. The van der Waals surface area contributed by atoms with Crippen LogP contribution in [0.1, 0.15) is 33.2 Å². The van der Waals surface area contributed by atoms with Crippen molar-refractivity contribution in [1.82, 2.24) is 0 Å². The predicted molar refractivity (Wildman–Crippen MR) is 59.1 cm³/mol. The molecule has 0 aliphatic carbocycles. The van der Waals surface area contributed by atoms with Crippen molar-refractivity contribution in [2.75, 3.05) is 6.61 Å². The van der Waals surface area contributed by atoms with E-state index < -0.39 is 23.9 Å². The molecule has 0 fully saturated rings. The van der Waals surface area contributed by atoms with E-state index in [2.05, 4.69) is 9.47 Å². The van der Waals surface area contributed by atoms with Gasteiger partial charge in [0, 0.05) is 0 Å². The van der Waals surface area contributed by atoms with E-state index in [1.165, 1.54) is 0 Å². The molecule has 0 heterocycles. The van der Waals surface area contributed by atoms with Gasteiger partial charge < -0.3 is 9.47 Å². The summed E-state index contributed by atoms with van der Waals surface area (Å²) in [7, 11) is 0. The third-order valence-corrected chi connectivity index (χ3v) is 2.13. The molecule has 0 saturated carbocycles. The molecule has 0 amide bonds. The second kappa shape index (κ2) is 6.44. The van der Waals surface area contributed by atoms with Crippen LogP contribution < -0.4 is 4.74 Å². The molecule has 0 N–H and O–H groups in total. The van der Waals surface area contributed by atoms with Crippen LogP contribution in [0, 0.1) is 11.3 Å². The third-order valence-electron chi connectivity index (χ3n) is 2.13. The minimum absolute atomic E-state index is 0.0597. The third kappa shape index (κ3) is 3.25. The molecule has 0 atom stereocenters. The maximum atomic E-state index is 12.3. The average Bonchev–Trinajstić information content (AvgIpc) is 2.37. The van der Waals surface area contributed by atoms with Gasteiger partial charge in [0.1, 0.15) is 11.6 Å². The lowest BCUT2D eigenvalue weighted by Gasteiger charge is -2.11. The van der Waals surface area contributed by atoms with Gasteiger partial charge in [-0.25, -0.2) is 4.79 Å². The summed E-state index contributed by atoms with van der Waals surface area (Å²) in [6.07, 6.45) is 0.257. The summed E-state index contributed by atoms with van der Waals surface area (Å²) >= 11 is 0. The van der Waals surface area contributed by atoms with Crippen LogP contribution in [0.4, 0.5) is 8.78 Å². The molecule has 0 saturated heterocycles. The van der Waals surface area contributed by atoms with E-state index >= 15 is 0 Å². The molecule has 1 aromatic rings. The number of alkyl halides is 2. The number of aldehydes is 1. The second-order valence-electron chi connectivity index (χ2n) is 3.24. The second-order valence-corrected chi connectivity index (χ2v) is 3.24. The number of hydrogen-bond donors (Lipinski definition) is 0. The zero-order valence-electron chi connectivity index (χ0n) is 9.85. The van der Waals surface area contributed by atoms with Gasteiger partial charge in [0.2, 0.25) is 0 Å². The smallest absolute Gasteiger partial charge is 0.387 e. The topological polar surface area (TPSA) is 76.4 Å². The Morgan fingerprint density at radius 2 is 2.21 bits per heavy atom. The van der Waals surface area contributed by atoms with Gasteiger partial charge in [-0.3, -0.25) is 4.79 Å². The van der Waals surface area contributed by atoms with Gasteiger partial charge >= 0.3 is 12.6 Å². The molecule has 1 aromatic carbocycles. The first-order valence-corrected chi connectivity index (χ1v) is 5.19. The lowest BCUT2D eigenvalue weighted by atomic mass is 10.0. The quantitative estimate of drug-likeness (QED) is 0.604. The van der Waals surface area contributed by atoms with Gasteiger partial charge in [0.25, 0.3) is 0 Å². The molecule has 1 rings (SSSR count). The standard InChI is InChI=1S/C12H9F2NO4/c1-2-18-11(17)8-4-3-7(6-16)10(9(8)5-15)19-12(13)14/h3-4,6,12H,2H2,1H3. The van der Waals surface area contributed by atoms with Gasteiger partial charge in [0.05, 0.1) is 17.7 Å². The molecular formula is C12H9F2NO4. The minimum atomic E-state index is -3.22. The SMILES string of the molecule is CCOC(=O)c1ccc(C=O)c(OC(F)F)c1C#N. The Bertz CT molecular complexity index is 537. The molecule has 0 bridgehead atoms. The summed E-state index contributed by atoms with van der Waals surface area (Å²) in [6, 6.07) is 3.83. The molecule has 100 valence electrons. The van der Waals surface area contributed by atoms with Gasteiger partial charge in [-0.1, -0.05) is 0 Å². The van der Waals surface area contributed by atoms with E-state index in [0.717, 1.165) is 12.1 Å². The Kier molecular flexibility index (Phi) is 4.94. The number of carbonyl (C=O) groups excluding carboxylic acids is 2. The number of rotatable bonds is 5. The lowest BCUT2D eigenvalue weighted by Crippen LogP contribution is -2.12. The number of nitrogens with zero attached hydrogens (tertiary/aromatic N) is 1. The average molecular weight is 269 g/mol. The first-order chi connectivity index (χ1) is 9.04. The van der Waals surface area contributed by atoms with Gasteiger partial charge in [0.15, 0.2) is 12.0 Å². The molecule has 0 aliphatic rings. The first-order valence-electron chi connectivity index (χ1n) is 5.19. The predicted octanol–water partition coefficient (Wildman–Crippen LogP) is 2.15. The summed E-state index contributed by atoms with van der Waals surface area (Å²) in [5, 5.41) is 8.95. The molecule has 0 unspecified atom stereocenters. The van der Waals surface area contributed by atoms with Crippen LogP contribution in [0.2, 0.25) is 0 Å². The Labute approximate surface area is 107 Å². The van der Waals surface area contributed by atoms with E-state index in [9.17, 15) is 18.4 Å². The zero-order chi connectivity index (χ0) is 14.4. The van der Waals surface area contributed by atoms with Crippen LogP contribution in [-0.2, 0) is 4.74 Å². The van der Waals surface area contributed by atoms with E-state index in [1.54, 1.807) is 13.0 Å². The lowest BCUT2D eigenvalue weighted by molar-refractivity contribution is -0.0503. The van der Waals surface area contributed by atoms with Crippen LogP contribution in [-0.4, -0.2) is 25.5 Å². The number of hydrogen-bond acceptors (Lipinski definition) is 5. The van der Waals surface area contributed by atoms with Crippen LogP contribution in [0.25, 0.3) is 0 Å². The Morgan fingerprint density at radius 1 is 1.53 bits per heavy atom. The van der Waals surface area contributed by atoms with Crippen LogP contribution in [0.3, 0.4) is 0 Å². The summed E-state index contributed by atoms with van der Waals surface area (Å²) < 4.78 is 33.4. The number of esters is 1. The highest BCUT2D eigenvalue weighted by atomic mass is 19.3. The van der Waals surface area contributed by atoms with Crippen molar-refractivity contribution in [1.29, 1.82) is 5.26 Å². The molecule has 0 aromatic heterocycles. The fourth-order valence-corrected chi connectivity index (χ4v) is 1.40. The van der Waals surface area contributed by atoms with Gasteiger partial charge in [-0.2, -0.15) is 14.0 Å². The van der Waals surface area contributed by atoms with Crippen molar-refractivity contribution in [3.05, 3.63) is 28.8 Å². The Morgan fingerprint density at radius 3 is 2.68 bits per heavy atom.